The van der Waals surface area contributed by atoms with Gasteiger partial charge in [-0.05, 0) is 12.1 Å². The number of hydrogen-bond acceptors (Lipinski definition) is 7. The fourth-order valence-corrected chi connectivity index (χ4v) is 1.47. The quantitative estimate of drug-likeness (QED) is 0.439. The van der Waals surface area contributed by atoms with Gasteiger partial charge in [0.05, 0.1) is 6.26 Å². The summed E-state index contributed by atoms with van der Waals surface area (Å²) < 4.78 is 4.99. The Bertz CT molecular complexity index is 517. The van der Waals surface area contributed by atoms with Crippen LogP contribution in [0.15, 0.2) is 28.0 Å². The monoisotopic (exact) mass is 266 g/mol. The summed E-state index contributed by atoms with van der Waals surface area (Å²) in [7, 11) is 1.24. The predicted octanol–water partition coefficient (Wildman–Crippen LogP) is 0.237. The zero-order valence-electron chi connectivity index (χ0n) is 9.99. The van der Waals surface area contributed by atoms with Crippen LogP contribution in [-0.4, -0.2) is 35.7 Å². The molecule has 0 N–H and O–H groups in total. The Morgan fingerprint density at radius 1 is 1.37 bits per heavy atom. The van der Waals surface area contributed by atoms with Crippen LogP contribution in [0.4, 0.5) is 0 Å². The molecule has 0 radical (unpaired) electrons. The van der Waals surface area contributed by atoms with E-state index in [9.17, 15) is 14.4 Å². The van der Waals surface area contributed by atoms with Crippen molar-refractivity contribution in [3.8, 4) is 0 Å². The molecule has 1 aliphatic heterocycles. The maximum atomic E-state index is 11.8. The van der Waals surface area contributed by atoms with Crippen molar-refractivity contribution in [1.29, 1.82) is 0 Å². The average molecular weight is 266 g/mol. The molecule has 1 saturated heterocycles. The van der Waals surface area contributed by atoms with Gasteiger partial charge in [0.25, 0.3) is 11.8 Å². The van der Waals surface area contributed by atoms with Crippen LogP contribution in [-0.2, 0) is 24.1 Å². The Balaban J connectivity index is 2.15. The van der Waals surface area contributed by atoms with E-state index in [1.54, 1.807) is 6.07 Å². The van der Waals surface area contributed by atoms with Gasteiger partial charge in [-0.2, -0.15) is 0 Å². The van der Waals surface area contributed by atoms with E-state index < -0.39 is 17.8 Å². The summed E-state index contributed by atoms with van der Waals surface area (Å²) in [6, 6.07) is 3.01. The number of oxime groups is 1. The first-order valence-electron chi connectivity index (χ1n) is 5.36. The fraction of sp³-hybridized carbons (Fsp3) is 0.273. The van der Waals surface area contributed by atoms with E-state index in [-0.39, 0.29) is 24.3 Å². The maximum Gasteiger partial charge on any atom is 0.389 e. The largest absolute Gasteiger partial charge is 0.462 e. The van der Waals surface area contributed by atoms with E-state index >= 15 is 0 Å². The highest BCUT2D eigenvalue weighted by atomic mass is 16.7. The molecule has 0 atom stereocenters. The normalized spacial score (nSPS) is 15.8. The molecular weight excluding hydrogens is 256 g/mol. The Labute approximate surface area is 107 Å². The van der Waals surface area contributed by atoms with Crippen molar-refractivity contribution in [3.63, 3.8) is 0 Å². The lowest BCUT2D eigenvalue weighted by molar-refractivity contribution is -0.192. The summed E-state index contributed by atoms with van der Waals surface area (Å²) in [4.78, 5) is 43.7. The summed E-state index contributed by atoms with van der Waals surface area (Å²) in [5.74, 6) is -2.06. The zero-order valence-corrected chi connectivity index (χ0v) is 9.99. The molecule has 2 heterocycles. The molecule has 2 amide bonds. The molecule has 1 aliphatic rings. The molecule has 100 valence electrons. The molecule has 2 rings (SSSR count). The second kappa shape index (κ2) is 5.34. The van der Waals surface area contributed by atoms with Crippen molar-refractivity contribution in [2.45, 2.75) is 12.8 Å². The Morgan fingerprint density at radius 2 is 2.05 bits per heavy atom. The van der Waals surface area contributed by atoms with E-state index in [4.69, 9.17) is 9.25 Å². The van der Waals surface area contributed by atoms with Crippen molar-refractivity contribution in [1.82, 2.24) is 5.06 Å². The van der Waals surface area contributed by atoms with E-state index in [0.29, 0.717) is 5.06 Å². The topological polar surface area (TPSA) is 98.4 Å². The highest BCUT2D eigenvalue weighted by molar-refractivity contribution is 6.42. The molecular formula is C11H10N2O6. The third-order valence-corrected chi connectivity index (χ3v) is 2.31. The minimum Gasteiger partial charge on any atom is -0.462 e. The maximum absolute atomic E-state index is 11.8. The molecule has 1 aromatic rings. The van der Waals surface area contributed by atoms with Gasteiger partial charge in [-0.25, -0.2) is 4.79 Å². The van der Waals surface area contributed by atoms with Crippen molar-refractivity contribution in [3.05, 3.63) is 24.2 Å². The van der Waals surface area contributed by atoms with Gasteiger partial charge in [-0.1, -0.05) is 5.16 Å². The Morgan fingerprint density at radius 3 is 2.58 bits per heavy atom. The van der Waals surface area contributed by atoms with Crippen LogP contribution in [0.25, 0.3) is 0 Å². The van der Waals surface area contributed by atoms with Crippen LogP contribution < -0.4 is 0 Å². The van der Waals surface area contributed by atoms with E-state index in [2.05, 4.69) is 9.99 Å². The third kappa shape index (κ3) is 2.62. The molecule has 0 aromatic carbocycles. The lowest BCUT2D eigenvalue weighted by atomic mass is 10.3. The number of nitrogens with zero attached hydrogens (tertiary/aromatic N) is 2. The summed E-state index contributed by atoms with van der Waals surface area (Å²) in [5.41, 5.74) is -0.278. The van der Waals surface area contributed by atoms with Crippen LogP contribution >= 0.6 is 0 Å². The molecule has 1 aromatic heterocycles. The first kappa shape index (κ1) is 12.8. The molecule has 1 fully saturated rings. The molecule has 8 heteroatoms. The number of hydrogen-bond donors (Lipinski definition) is 0. The lowest BCUT2D eigenvalue weighted by Crippen LogP contribution is -2.35. The highest BCUT2D eigenvalue weighted by Crippen LogP contribution is 2.13. The number of carbonyl (C=O) groups excluding carboxylic acids is 3. The summed E-state index contributed by atoms with van der Waals surface area (Å²) in [6.07, 6.45) is 1.37. The highest BCUT2D eigenvalue weighted by Gasteiger charge is 2.34. The number of furan rings is 1. The number of carbonyl (C=O) groups is 3. The van der Waals surface area contributed by atoms with E-state index in [0.717, 1.165) is 0 Å². The van der Waals surface area contributed by atoms with Crippen LogP contribution in [0, 0.1) is 0 Å². The van der Waals surface area contributed by atoms with Gasteiger partial charge in [-0.3, -0.25) is 9.59 Å². The fourth-order valence-electron chi connectivity index (χ4n) is 1.47. The molecule has 0 unspecified atom stereocenters. The molecule has 8 nitrogen and oxygen atoms in total. The smallest absolute Gasteiger partial charge is 0.389 e. The number of imide groups is 1. The second-order valence-corrected chi connectivity index (χ2v) is 3.56. The van der Waals surface area contributed by atoms with Gasteiger partial charge in [0.15, 0.2) is 5.76 Å². The van der Waals surface area contributed by atoms with Crippen LogP contribution in [0.3, 0.4) is 0 Å². The van der Waals surface area contributed by atoms with Gasteiger partial charge in [-0.15, -0.1) is 5.06 Å². The van der Waals surface area contributed by atoms with E-state index in [1.807, 2.05) is 0 Å². The number of rotatable bonds is 4. The molecule has 0 aliphatic carbocycles. The summed E-state index contributed by atoms with van der Waals surface area (Å²) >= 11 is 0. The minimum atomic E-state index is -1.01. The predicted molar refractivity (Wildman–Crippen MR) is 59.4 cm³/mol. The standard InChI is InChI=1S/C11H10N2O6/c1-17-12-10(7-3-2-6-18-7)11(16)19-13-8(14)4-5-9(13)15/h2-3,6H,4-5H2,1H3/b12-10+. The van der Waals surface area contributed by atoms with Crippen molar-refractivity contribution < 1.29 is 28.5 Å². The molecule has 0 spiro atoms. The third-order valence-electron chi connectivity index (χ3n) is 2.31. The molecule has 0 bridgehead atoms. The van der Waals surface area contributed by atoms with Crippen molar-refractivity contribution in [2.75, 3.05) is 7.11 Å². The summed E-state index contributed by atoms with van der Waals surface area (Å²) in [6.45, 7) is 0. The van der Waals surface area contributed by atoms with E-state index in [1.165, 1.54) is 19.4 Å². The Kier molecular flexibility index (Phi) is 3.60. The number of amides is 2. The van der Waals surface area contributed by atoms with Crippen LogP contribution in [0.2, 0.25) is 0 Å². The zero-order chi connectivity index (χ0) is 13.8. The van der Waals surface area contributed by atoms with Gasteiger partial charge < -0.3 is 14.1 Å². The molecule has 19 heavy (non-hydrogen) atoms. The number of hydroxylamine groups is 2. The van der Waals surface area contributed by atoms with Gasteiger partial charge >= 0.3 is 5.97 Å². The Hall–Kier alpha value is -2.64. The first-order valence-corrected chi connectivity index (χ1v) is 5.36. The van der Waals surface area contributed by atoms with Gasteiger partial charge in [0, 0.05) is 12.8 Å². The van der Waals surface area contributed by atoms with Gasteiger partial charge in [0.2, 0.25) is 5.71 Å². The van der Waals surface area contributed by atoms with Crippen molar-refractivity contribution >= 4 is 23.5 Å². The lowest BCUT2D eigenvalue weighted by Gasteiger charge is -2.12. The SMILES string of the molecule is CO/N=C(/C(=O)ON1C(=O)CCC1=O)c1ccco1. The first-order chi connectivity index (χ1) is 9.13. The van der Waals surface area contributed by atoms with Gasteiger partial charge in [0.1, 0.15) is 7.11 Å². The summed E-state index contributed by atoms with van der Waals surface area (Å²) in [5, 5.41) is 3.88. The van der Waals surface area contributed by atoms with Crippen LogP contribution in [0.5, 0.6) is 0 Å². The second-order valence-electron chi connectivity index (χ2n) is 3.56. The minimum absolute atomic E-state index is 0.0175. The average Bonchev–Trinajstić information content (AvgIpc) is 3.01. The molecule has 0 saturated carbocycles. The van der Waals surface area contributed by atoms with Crippen LogP contribution in [0.1, 0.15) is 18.6 Å². The van der Waals surface area contributed by atoms with Crippen molar-refractivity contribution in [2.24, 2.45) is 5.16 Å².